The van der Waals surface area contributed by atoms with Gasteiger partial charge in [-0.15, -0.1) is 0 Å². The van der Waals surface area contributed by atoms with Gasteiger partial charge in [-0.2, -0.15) is 0 Å². The molecule has 1 N–H and O–H groups in total. The van der Waals surface area contributed by atoms with Crippen LogP contribution in [0.25, 0.3) is 0 Å². The van der Waals surface area contributed by atoms with E-state index < -0.39 is 0 Å². The second-order valence-corrected chi connectivity index (χ2v) is 3.84. The third kappa shape index (κ3) is 3.09. The molecule has 1 aromatic rings. The second-order valence-electron chi connectivity index (χ2n) is 2.93. The van der Waals surface area contributed by atoms with Crippen LogP contribution in [0.15, 0.2) is 40.5 Å². The van der Waals surface area contributed by atoms with Crippen LogP contribution >= 0.6 is 15.9 Å². The predicted molar refractivity (Wildman–Crippen MR) is 63.8 cm³/mol. The Hall–Kier alpha value is -1.29. The van der Waals surface area contributed by atoms with E-state index in [-0.39, 0.29) is 0 Å². The highest BCUT2D eigenvalue weighted by atomic mass is 79.9. The molecule has 0 aromatic heterocycles. The maximum Gasteiger partial charge on any atom is 0.129 e. The zero-order valence-corrected chi connectivity index (χ0v) is 9.99. The van der Waals surface area contributed by atoms with E-state index in [9.17, 15) is 0 Å². The lowest BCUT2D eigenvalue weighted by atomic mass is 10.1. The monoisotopic (exact) mass is 269 g/mol. The standard InChI is InChI=1S/C11H12BrNO2/c1-3-6-15-11-5-4-9(12)7-10(11)8(2)13-14/h3-5,7,14H,1,6H2,2H3/b13-8+. The molecule has 0 atom stereocenters. The average Bonchev–Trinajstić information content (AvgIpc) is 2.26. The van der Waals surface area contributed by atoms with E-state index in [0.29, 0.717) is 18.1 Å². The van der Waals surface area contributed by atoms with E-state index in [1.54, 1.807) is 13.0 Å². The summed E-state index contributed by atoms with van der Waals surface area (Å²) in [5.41, 5.74) is 1.27. The normalized spacial score (nSPS) is 11.2. The Balaban J connectivity index is 3.08. The van der Waals surface area contributed by atoms with Crippen molar-refractivity contribution >= 4 is 21.6 Å². The van der Waals surface area contributed by atoms with E-state index in [2.05, 4.69) is 27.7 Å². The Labute approximate surface area is 97.2 Å². The fourth-order valence-electron chi connectivity index (χ4n) is 1.11. The first-order chi connectivity index (χ1) is 7.19. The lowest BCUT2D eigenvalue weighted by molar-refractivity contribution is 0.318. The summed E-state index contributed by atoms with van der Waals surface area (Å²) in [6.07, 6.45) is 1.66. The van der Waals surface area contributed by atoms with Crippen molar-refractivity contribution in [3.05, 3.63) is 40.9 Å². The molecule has 15 heavy (non-hydrogen) atoms. The van der Waals surface area contributed by atoms with Crippen molar-refractivity contribution in [2.75, 3.05) is 6.61 Å². The fraction of sp³-hybridized carbons (Fsp3) is 0.182. The molecule has 0 saturated carbocycles. The lowest BCUT2D eigenvalue weighted by Crippen LogP contribution is -2.02. The molecule has 0 saturated heterocycles. The molecular weight excluding hydrogens is 258 g/mol. The van der Waals surface area contributed by atoms with Crippen LogP contribution in [0.4, 0.5) is 0 Å². The highest BCUT2D eigenvalue weighted by molar-refractivity contribution is 9.10. The first-order valence-electron chi connectivity index (χ1n) is 4.41. The van der Waals surface area contributed by atoms with E-state index in [1.807, 2.05) is 18.2 Å². The van der Waals surface area contributed by atoms with Crippen LogP contribution in [0.2, 0.25) is 0 Å². The van der Waals surface area contributed by atoms with Crippen LogP contribution in [0, 0.1) is 0 Å². The number of hydrogen-bond donors (Lipinski definition) is 1. The molecule has 0 spiro atoms. The topological polar surface area (TPSA) is 41.8 Å². The number of ether oxygens (including phenoxy) is 1. The first-order valence-corrected chi connectivity index (χ1v) is 5.20. The number of oxime groups is 1. The molecule has 0 fully saturated rings. The van der Waals surface area contributed by atoms with Gasteiger partial charge >= 0.3 is 0 Å². The maximum absolute atomic E-state index is 8.73. The van der Waals surface area contributed by atoms with Gasteiger partial charge in [-0.25, -0.2) is 0 Å². The van der Waals surface area contributed by atoms with Crippen LogP contribution in [0.5, 0.6) is 5.75 Å². The third-order valence-electron chi connectivity index (χ3n) is 1.84. The van der Waals surface area contributed by atoms with Gasteiger partial charge in [-0.1, -0.05) is 33.7 Å². The second kappa shape index (κ2) is 5.56. The number of nitrogens with zero attached hydrogens (tertiary/aromatic N) is 1. The molecule has 0 aliphatic heterocycles. The van der Waals surface area contributed by atoms with Crippen molar-refractivity contribution in [1.29, 1.82) is 0 Å². The van der Waals surface area contributed by atoms with Gasteiger partial charge in [0.05, 0.1) is 5.71 Å². The van der Waals surface area contributed by atoms with Crippen LogP contribution in [0.3, 0.4) is 0 Å². The highest BCUT2D eigenvalue weighted by Crippen LogP contribution is 2.24. The summed E-state index contributed by atoms with van der Waals surface area (Å²) in [5.74, 6) is 0.674. The minimum atomic E-state index is 0.424. The molecule has 1 aromatic carbocycles. The van der Waals surface area contributed by atoms with E-state index in [1.165, 1.54) is 0 Å². The van der Waals surface area contributed by atoms with Crippen LogP contribution in [-0.4, -0.2) is 17.5 Å². The van der Waals surface area contributed by atoms with Crippen molar-refractivity contribution in [3.8, 4) is 5.75 Å². The van der Waals surface area contributed by atoms with E-state index in [4.69, 9.17) is 9.94 Å². The molecule has 0 bridgehead atoms. The fourth-order valence-corrected chi connectivity index (χ4v) is 1.47. The molecule has 0 heterocycles. The summed E-state index contributed by atoms with van der Waals surface area (Å²) in [5, 5.41) is 11.9. The van der Waals surface area contributed by atoms with Gasteiger partial charge in [0.15, 0.2) is 0 Å². The molecule has 0 aliphatic rings. The number of benzene rings is 1. The summed E-state index contributed by atoms with van der Waals surface area (Å²) in [4.78, 5) is 0. The van der Waals surface area contributed by atoms with Gasteiger partial charge < -0.3 is 9.94 Å². The van der Waals surface area contributed by atoms with E-state index >= 15 is 0 Å². The predicted octanol–water partition coefficient (Wildman–Crippen LogP) is 3.21. The van der Waals surface area contributed by atoms with Gasteiger partial charge in [0, 0.05) is 10.0 Å². The van der Waals surface area contributed by atoms with Gasteiger partial charge in [-0.05, 0) is 25.1 Å². The minimum absolute atomic E-state index is 0.424. The summed E-state index contributed by atoms with van der Waals surface area (Å²) < 4.78 is 6.34. The lowest BCUT2D eigenvalue weighted by Gasteiger charge is -2.09. The summed E-state index contributed by atoms with van der Waals surface area (Å²) in [6, 6.07) is 5.53. The Morgan fingerprint density at radius 3 is 3.00 bits per heavy atom. The SMILES string of the molecule is C=CCOc1ccc(Br)cc1/C(C)=N/O. The quantitative estimate of drug-likeness (QED) is 0.395. The Bertz CT molecular complexity index is 388. The smallest absolute Gasteiger partial charge is 0.129 e. The van der Waals surface area contributed by atoms with Gasteiger partial charge in [-0.3, -0.25) is 0 Å². The summed E-state index contributed by atoms with van der Waals surface area (Å²) in [6.45, 7) is 5.71. The van der Waals surface area contributed by atoms with Crippen molar-refractivity contribution in [2.24, 2.45) is 5.16 Å². The number of hydrogen-bond acceptors (Lipinski definition) is 3. The van der Waals surface area contributed by atoms with Crippen molar-refractivity contribution in [1.82, 2.24) is 0 Å². The molecular formula is C11H12BrNO2. The Kier molecular flexibility index (Phi) is 4.37. The first kappa shape index (κ1) is 11.8. The van der Waals surface area contributed by atoms with Crippen molar-refractivity contribution in [2.45, 2.75) is 6.92 Å². The Morgan fingerprint density at radius 1 is 1.67 bits per heavy atom. The molecule has 1 rings (SSSR count). The van der Waals surface area contributed by atoms with Crippen molar-refractivity contribution in [3.63, 3.8) is 0 Å². The Morgan fingerprint density at radius 2 is 2.40 bits per heavy atom. The van der Waals surface area contributed by atoms with E-state index in [0.717, 1.165) is 10.0 Å². The molecule has 0 unspecified atom stereocenters. The van der Waals surface area contributed by atoms with Crippen LogP contribution in [0.1, 0.15) is 12.5 Å². The summed E-state index contributed by atoms with van der Waals surface area (Å²) >= 11 is 3.35. The molecule has 3 nitrogen and oxygen atoms in total. The average molecular weight is 270 g/mol. The largest absolute Gasteiger partial charge is 0.489 e. The minimum Gasteiger partial charge on any atom is -0.489 e. The zero-order valence-electron chi connectivity index (χ0n) is 8.40. The molecule has 0 amide bonds. The van der Waals surface area contributed by atoms with Gasteiger partial charge in [0.25, 0.3) is 0 Å². The maximum atomic E-state index is 8.73. The molecule has 0 aliphatic carbocycles. The van der Waals surface area contributed by atoms with Crippen molar-refractivity contribution < 1.29 is 9.94 Å². The van der Waals surface area contributed by atoms with Crippen LogP contribution < -0.4 is 4.74 Å². The summed E-state index contributed by atoms with van der Waals surface area (Å²) in [7, 11) is 0. The molecule has 80 valence electrons. The van der Waals surface area contributed by atoms with Gasteiger partial charge in [0.2, 0.25) is 0 Å². The highest BCUT2D eigenvalue weighted by Gasteiger charge is 2.07. The molecule has 0 radical (unpaired) electrons. The number of rotatable bonds is 4. The van der Waals surface area contributed by atoms with Crippen LogP contribution in [-0.2, 0) is 0 Å². The number of halogens is 1. The zero-order chi connectivity index (χ0) is 11.3. The third-order valence-corrected chi connectivity index (χ3v) is 2.33. The molecule has 4 heteroatoms. The van der Waals surface area contributed by atoms with Gasteiger partial charge in [0.1, 0.15) is 12.4 Å².